The molecule has 1 N–H and O–H groups in total. The Kier molecular flexibility index (Phi) is 6.69. The second-order valence-electron chi connectivity index (χ2n) is 7.52. The lowest BCUT2D eigenvalue weighted by molar-refractivity contribution is 0.0746. The molecule has 0 radical (unpaired) electrons. The van der Waals surface area contributed by atoms with Crippen molar-refractivity contribution in [3.63, 3.8) is 0 Å². The zero-order valence-electron chi connectivity index (χ0n) is 17.2. The molecule has 1 aliphatic rings. The summed E-state index contributed by atoms with van der Waals surface area (Å²) in [7, 11) is 1.66. The zero-order valence-corrected chi connectivity index (χ0v) is 17.2. The first kappa shape index (κ1) is 20.6. The van der Waals surface area contributed by atoms with Gasteiger partial charge in [-0.05, 0) is 24.1 Å². The Morgan fingerprint density at radius 1 is 1.10 bits per heavy atom. The number of carbonyl (C=O) groups excluding carboxylic acids is 2. The number of pyridine rings is 1. The molecule has 29 heavy (non-hydrogen) atoms. The van der Waals surface area contributed by atoms with E-state index in [0.29, 0.717) is 49.8 Å². The van der Waals surface area contributed by atoms with Gasteiger partial charge in [-0.15, -0.1) is 0 Å². The highest BCUT2D eigenvalue weighted by atomic mass is 16.5. The van der Waals surface area contributed by atoms with Crippen LogP contribution in [0.5, 0.6) is 5.75 Å². The van der Waals surface area contributed by atoms with E-state index >= 15 is 0 Å². The maximum Gasteiger partial charge on any atom is 0.255 e. The summed E-state index contributed by atoms with van der Waals surface area (Å²) in [5.74, 6) is 0.880. The minimum Gasteiger partial charge on any atom is -0.495 e. The molecule has 154 valence electrons. The first-order valence-electron chi connectivity index (χ1n) is 9.90. The van der Waals surface area contributed by atoms with Crippen LogP contribution in [-0.2, 0) is 0 Å². The van der Waals surface area contributed by atoms with E-state index < -0.39 is 0 Å². The van der Waals surface area contributed by atoms with Gasteiger partial charge in [0.25, 0.3) is 11.8 Å². The molecule has 3 rings (SSSR count). The minimum absolute atomic E-state index is 0.101. The van der Waals surface area contributed by atoms with Gasteiger partial charge in [-0.3, -0.25) is 14.6 Å². The van der Waals surface area contributed by atoms with Crippen molar-refractivity contribution in [2.75, 3.05) is 44.7 Å². The number of hydrogen-bond acceptors (Lipinski definition) is 5. The number of ether oxygens (including phenoxy) is 1. The highest BCUT2D eigenvalue weighted by Crippen LogP contribution is 2.28. The molecule has 1 aliphatic heterocycles. The number of amides is 2. The van der Waals surface area contributed by atoms with Crippen LogP contribution in [0.1, 0.15) is 34.6 Å². The Labute approximate surface area is 171 Å². The number of benzene rings is 1. The number of nitrogens with one attached hydrogen (secondary N) is 1. The van der Waals surface area contributed by atoms with Gasteiger partial charge in [0.05, 0.1) is 23.9 Å². The van der Waals surface area contributed by atoms with Crippen molar-refractivity contribution in [1.82, 2.24) is 15.2 Å². The lowest BCUT2D eigenvalue weighted by Crippen LogP contribution is -2.49. The monoisotopic (exact) mass is 396 g/mol. The highest BCUT2D eigenvalue weighted by Gasteiger charge is 2.24. The van der Waals surface area contributed by atoms with Crippen molar-refractivity contribution in [2.24, 2.45) is 5.92 Å². The third-order valence-corrected chi connectivity index (χ3v) is 4.91. The second kappa shape index (κ2) is 9.41. The molecule has 2 aromatic rings. The van der Waals surface area contributed by atoms with Gasteiger partial charge >= 0.3 is 0 Å². The third-order valence-electron chi connectivity index (χ3n) is 4.91. The van der Waals surface area contributed by atoms with Gasteiger partial charge in [0.1, 0.15) is 5.75 Å². The summed E-state index contributed by atoms with van der Waals surface area (Å²) in [6.45, 7) is 7.28. The standard InChI is InChI=1S/C22H28N4O3/c1-16(2)13-24-21(27)17-12-18(15-23-14-17)22(28)26-10-8-25(9-11-26)19-6-4-5-7-20(19)29-3/h4-7,12,14-16H,8-11,13H2,1-3H3,(H,24,27). The van der Waals surface area contributed by atoms with Crippen molar-refractivity contribution in [3.05, 3.63) is 53.9 Å². The van der Waals surface area contributed by atoms with Crippen LogP contribution < -0.4 is 15.0 Å². The lowest BCUT2D eigenvalue weighted by Gasteiger charge is -2.36. The molecule has 1 fully saturated rings. The van der Waals surface area contributed by atoms with E-state index in [-0.39, 0.29) is 11.8 Å². The van der Waals surface area contributed by atoms with Crippen LogP contribution in [-0.4, -0.2) is 61.5 Å². The minimum atomic E-state index is -0.207. The number of methoxy groups -OCH3 is 1. The number of piperazine rings is 1. The van der Waals surface area contributed by atoms with E-state index in [2.05, 4.69) is 15.2 Å². The first-order valence-corrected chi connectivity index (χ1v) is 9.90. The highest BCUT2D eigenvalue weighted by molar-refractivity contribution is 5.99. The van der Waals surface area contributed by atoms with E-state index in [1.807, 2.05) is 38.1 Å². The smallest absolute Gasteiger partial charge is 0.255 e. The molecule has 7 nitrogen and oxygen atoms in total. The summed E-state index contributed by atoms with van der Waals surface area (Å²) < 4.78 is 5.44. The summed E-state index contributed by atoms with van der Waals surface area (Å²) in [6, 6.07) is 9.52. The SMILES string of the molecule is COc1ccccc1N1CCN(C(=O)c2cncc(C(=O)NCC(C)C)c2)CC1. The molecular formula is C22H28N4O3. The number of hydrogen-bond donors (Lipinski definition) is 1. The average molecular weight is 396 g/mol. The normalized spacial score (nSPS) is 14.1. The summed E-state index contributed by atoms with van der Waals surface area (Å²) >= 11 is 0. The molecule has 2 amide bonds. The van der Waals surface area contributed by atoms with E-state index in [0.717, 1.165) is 11.4 Å². The quantitative estimate of drug-likeness (QED) is 0.812. The Morgan fingerprint density at radius 2 is 1.79 bits per heavy atom. The first-order chi connectivity index (χ1) is 14.0. The van der Waals surface area contributed by atoms with Gasteiger partial charge in [-0.2, -0.15) is 0 Å². The fourth-order valence-corrected chi connectivity index (χ4v) is 3.30. The number of anilines is 1. The van der Waals surface area contributed by atoms with Crippen molar-refractivity contribution in [3.8, 4) is 5.75 Å². The van der Waals surface area contributed by atoms with Gasteiger partial charge in [-0.25, -0.2) is 0 Å². The largest absolute Gasteiger partial charge is 0.495 e. The molecular weight excluding hydrogens is 368 g/mol. The predicted octanol–water partition coefficient (Wildman–Crippen LogP) is 2.44. The number of nitrogens with zero attached hydrogens (tertiary/aromatic N) is 3. The van der Waals surface area contributed by atoms with Crippen LogP contribution >= 0.6 is 0 Å². The molecule has 0 saturated carbocycles. The van der Waals surface area contributed by atoms with Gasteiger partial charge in [-0.1, -0.05) is 26.0 Å². The summed E-state index contributed by atoms with van der Waals surface area (Å²) in [5.41, 5.74) is 1.88. The van der Waals surface area contributed by atoms with Crippen molar-refractivity contribution >= 4 is 17.5 Å². The summed E-state index contributed by atoms with van der Waals surface area (Å²) in [6.07, 6.45) is 3.01. The van der Waals surface area contributed by atoms with Crippen LogP contribution in [0.4, 0.5) is 5.69 Å². The lowest BCUT2D eigenvalue weighted by atomic mass is 10.1. The molecule has 0 spiro atoms. The average Bonchev–Trinajstić information content (AvgIpc) is 2.77. The fraction of sp³-hybridized carbons (Fsp3) is 0.409. The van der Waals surface area contributed by atoms with Crippen LogP contribution in [0.25, 0.3) is 0 Å². The van der Waals surface area contributed by atoms with Crippen LogP contribution in [0.15, 0.2) is 42.7 Å². The number of rotatable bonds is 6. The molecule has 0 bridgehead atoms. The van der Waals surface area contributed by atoms with E-state index in [9.17, 15) is 9.59 Å². The van der Waals surface area contributed by atoms with Crippen LogP contribution in [0.3, 0.4) is 0 Å². The molecule has 1 aromatic carbocycles. The number of para-hydroxylation sites is 2. The van der Waals surface area contributed by atoms with Gasteiger partial charge < -0.3 is 19.9 Å². The molecule has 2 heterocycles. The third kappa shape index (κ3) is 5.04. The molecule has 0 unspecified atom stereocenters. The molecule has 0 aliphatic carbocycles. The molecule has 1 aromatic heterocycles. The predicted molar refractivity (Wildman–Crippen MR) is 113 cm³/mol. The fourth-order valence-electron chi connectivity index (χ4n) is 3.30. The van der Waals surface area contributed by atoms with Gasteiger partial charge in [0.2, 0.25) is 0 Å². The van der Waals surface area contributed by atoms with E-state index in [4.69, 9.17) is 4.74 Å². The Balaban J connectivity index is 1.63. The Hall–Kier alpha value is -3.09. The van der Waals surface area contributed by atoms with Crippen molar-refractivity contribution in [2.45, 2.75) is 13.8 Å². The van der Waals surface area contributed by atoms with E-state index in [1.165, 1.54) is 12.4 Å². The molecule has 7 heteroatoms. The zero-order chi connectivity index (χ0) is 20.8. The topological polar surface area (TPSA) is 74.8 Å². The Bertz CT molecular complexity index is 861. The van der Waals surface area contributed by atoms with Crippen molar-refractivity contribution in [1.29, 1.82) is 0 Å². The second-order valence-corrected chi connectivity index (χ2v) is 7.52. The van der Waals surface area contributed by atoms with Gasteiger partial charge in [0.15, 0.2) is 0 Å². The molecule has 0 atom stereocenters. The molecule has 1 saturated heterocycles. The maximum atomic E-state index is 12.9. The van der Waals surface area contributed by atoms with Crippen LogP contribution in [0, 0.1) is 5.92 Å². The van der Waals surface area contributed by atoms with Crippen molar-refractivity contribution < 1.29 is 14.3 Å². The summed E-state index contributed by atoms with van der Waals surface area (Å²) in [5, 5.41) is 2.86. The van der Waals surface area contributed by atoms with E-state index in [1.54, 1.807) is 18.1 Å². The number of carbonyl (C=O) groups is 2. The number of aromatic nitrogens is 1. The maximum absolute atomic E-state index is 12.9. The van der Waals surface area contributed by atoms with Gasteiger partial charge in [0, 0.05) is 45.1 Å². The Morgan fingerprint density at radius 3 is 2.48 bits per heavy atom. The van der Waals surface area contributed by atoms with Crippen LogP contribution in [0.2, 0.25) is 0 Å². The summed E-state index contributed by atoms with van der Waals surface area (Å²) in [4.78, 5) is 33.3.